The molecule has 4 heteroatoms. The van der Waals surface area contributed by atoms with Crippen LogP contribution in [0.25, 0.3) is 11.5 Å². The molecular formula is C19H22N3O+. The van der Waals surface area contributed by atoms with Gasteiger partial charge in [-0.1, -0.05) is 48.0 Å². The van der Waals surface area contributed by atoms with E-state index in [1.54, 1.807) is 0 Å². The molecule has 0 aliphatic rings. The minimum absolute atomic E-state index is 0.593. The first-order chi connectivity index (χ1) is 11.2. The van der Waals surface area contributed by atoms with Crippen molar-refractivity contribution < 1.29 is 9.32 Å². The number of nitrogens with one attached hydrogen (secondary N) is 1. The Kier molecular flexibility index (Phi) is 4.83. The van der Waals surface area contributed by atoms with Crippen LogP contribution in [0.3, 0.4) is 0 Å². The highest BCUT2D eigenvalue weighted by molar-refractivity contribution is 5.52. The van der Waals surface area contributed by atoms with Crippen molar-refractivity contribution in [1.82, 2.24) is 10.2 Å². The number of hydrogen-bond acceptors (Lipinski definition) is 3. The van der Waals surface area contributed by atoms with Gasteiger partial charge in [0, 0.05) is 11.1 Å². The summed E-state index contributed by atoms with van der Waals surface area (Å²) in [7, 11) is 0. The Bertz CT molecular complexity index is 735. The summed E-state index contributed by atoms with van der Waals surface area (Å²) in [6, 6.07) is 18.6. The fraction of sp³-hybridized carbons (Fsp3) is 0.263. The van der Waals surface area contributed by atoms with Gasteiger partial charge in [-0.2, -0.15) is 0 Å². The normalized spacial score (nSPS) is 12.3. The number of hydrogen-bond donors (Lipinski definition) is 1. The van der Waals surface area contributed by atoms with Gasteiger partial charge < -0.3 is 9.32 Å². The molecule has 1 atom stereocenters. The van der Waals surface area contributed by atoms with Gasteiger partial charge in [-0.05, 0) is 26.0 Å². The average Bonchev–Trinajstić information content (AvgIpc) is 3.04. The van der Waals surface area contributed by atoms with Crippen LogP contribution < -0.4 is 4.90 Å². The maximum absolute atomic E-state index is 5.84. The summed E-state index contributed by atoms with van der Waals surface area (Å²) in [6.45, 7) is 6.95. The minimum Gasteiger partial charge on any atom is -0.415 e. The second-order valence-corrected chi connectivity index (χ2v) is 5.81. The average molecular weight is 308 g/mol. The van der Waals surface area contributed by atoms with Gasteiger partial charge in [0.15, 0.2) is 6.54 Å². The van der Waals surface area contributed by atoms with Crippen molar-refractivity contribution in [3.63, 3.8) is 0 Å². The van der Waals surface area contributed by atoms with Gasteiger partial charge in [0.2, 0.25) is 5.89 Å². The van der Waals surface area contributed by atoms with Crippen molar-refractivity contribution >= 4 is 0 Å². The Morgan fingerprint density at radius 1 is 0.913 bits per heavy atom. The highest BCUT2D eigenvalue weighted by Crippen LogP contribution is 2.17. The molecule has 2 aromatic carbocycles. The van der Waals surface area contributed by atoms with Crippen LogP contribution in [-0.4, -0.2) is 16.7 Å². The molecule has 0 fully saturated rings. The Morgan fingerprint density at radius 2 is 1.65 bits per heavy atom. The lowest BCUT2D eigenvalue weighted by atomic mass is 10.1. The maximum Gasteiger partial charge on any atom is 0.271 e. The fourth-order valence-corrected chi connectivity index (χ4v) is 2.55. The first kappa shape index (κ1) is 15.4. The zero-order valence-electron chi connectivity index (χ0n) is 13.6. The Balaban J connectivity index is 1.68. The standard InChI is InChI=1S/C19H21N3O/c1-3-22(13-16-7-5-4-6-8-16)14-18-20-21-19(23-18)17-11-9-15(2)10-12-17/h4-12H,3,13-14H2,1-2H3/p+1. The molecule has 0 saturated heterocycles. The van der Waals surface area contributed by atoms with E-state index in [-0.39, 0.29) is 0 Å². The Hall–Kier alpha value is -2.46. The van der Waals surface area contributed by atoms with Crippen molar-refractivity contribution in [1.29, 1.82) is 0 Å². The summed E-state index contributed by atoms with van der Waals surface area (Å²) in [6.07, 6.45) is 0. The monoisotopic (exact) mass is 308 g/mol. The van der Waals surface area contributed by atoms with E-state index in [1.165, 1.54) is 16.0 Å². The maximum atomic E-state index is 5.84. The second kappa shape index (κ2) is 7.20. The van der Waals surface area contributed by atoms with Crippen LogP contribution in [0.1, 0.15) is 23.9 Å². The summed E-state index contributed by atoms with van der Waals surface area (Å²) in [4.78, 5) is 1.40. The third-order valence-electron chi connectivity index (χ3n) is 3.96. The van der Waals surface area contributed by atoms with Crippen molar-refractivity contribution in [3.8, 4) is 11.5 Å². The summed E-state index contributed by atoms with van der Waals surface area (Å²) >= 11 is 0. The fourth-order valence-electron chi connectivity index (χ4n) is 2.55. The van der Waals surface area contributed by atoms with Crippen LogP contribution in [0.15, 0.2) is 59.0 Å². The van der Waals surface area contributed by atoms with E-state index >= 15 is 0 Å². The number of aryl methyl sites for hydroxylation is 1. The summed E-state index contributed by atoms with van der Waals surface area (Å²) < 4.78 is 5.84. The molecule has 0 radical (unpaired) electrons. The Morgan fingerprint density at radius 3 is 2.35 bits per heavy atom. The molecule has 1 heterocycles. The SMILES string of the molecule is CC[NH+](Cc1ccccc1)Cc1nnc(-c2ccc(C)cc2)o1. The van der Waals surface area contributed by atoms with E-state index in [9.17, 15) is 0 Å². The van der Waals surface area contributed by atoms with Crippen LogP contribution in [0.4, 0.5) is 0 Å². The number of quaternary nitrogens is 1. The Labute approximate surface area is 136 Å². The highest BCUT2D eigenvalue weighted by atomic mass is 16.4. The third-order valence-corrected chi connectivity index (χ3v) is 3.96. The van der Waals surface area contributed by atoms with Crippen LogP contribution in [0.2, 0.25) is 0 Å². The van der Waals surface area contributed by atoms with E-state index < -0.39 is 0 Å². The van der Waals surface area contributed by atoms with E-state index in [0.717, 1.165) is 25.2 Å². The zero-order chi connectivity index (χ0) is 16.1. The third kappa shape index (κ3) is 4.05. The van der Waals surface area contributed by atoms with Crippen LogP contribution in [0.5, 0.6) is 0 Å². The van der Waals surface area contributed by atoms with Crippen molar-refractivity contribution in [2.45, 2.75) is 26.9 Å². The second-order valence-electron chi connectivity index (χ2n) is 5.81. The molecular weight excluding hydrogens is 286 g/mol. The number of aromatic nitrogens is 2. The van der Waals surface area contributed by atoms with Gasteiger partial charge >= 0.3 is 0 Å². The lowest BCUT2D eigenvalue weighted by Gasteiger charge is -2.15. The molecule has 1 N–H and O–H groups in total. The van der Waals surface area contributed by atoms with Crippen LogP contribution in [-0.2, 0) is 13.1 Å². The van der Waals surface area contributed by atoms with Gasteiger partial charge in [0.05, 0.1) is 6.54 Å². The molecule has 0 amide bonds. The van der Waals surface area contributed by atoms with E-state index in [4.69, 9.17) is 4.42 Å². The molecule has 0 saturated carbocycles. The van der Waals surface area contributed by atoms with Gasteiger partial charge in [0.25, 0.3) is 5.89 Å². The van der Waals surface area contributed by atoms with Crippen molar-refractivity contribution in [3.05, 3.63) is 71.6 Å². The van der Waals surface area contributed by atoms with Crippen molar-refractivity contribution in [2.24, 2.45) is 0 Å². The van der Waals surface area contributed by atoms with Crippen LogP contribution >= 0.6 is 0 Å². The molecule has 0 aliphatic heterocycles. The minimum atomic E-state index is 0.593. The van der Waals surface area contributed by atoms with E-state index in [2.05, 4.69) is 60.4 Å². The zero-order valence-corrected chi connectivity index (χ0v) is 13.6. The summed E-state index contributed by atoms with van der Waals surface area (Å²) in [5.74, 6) is 1.28. The number of nitrogens with zero attached hydrogens (tertiary/aromatic N) is 2. The van der Waals surface area contributed by atoms with Crippen LogP contribution in [0, 0.1) is 6.92 Å². The summed E-state index contributed by atoms with van der Waals surface area (Å²) in [5.41, 5.74) is 3.51. The first-order valence-corrected chi connectivity index (χ1v) is 8.01. The summed E-state index contributed by atoms with van der Waals surface area (Å²) in [5, 5.41) is 8.39. The van der Waals surface area contributed by atoms with Gasteiger partial charge in [-0.15, -0.1) is 10.2 Å². The molecule has 0 aliphatic carbocycles. The molecule has 3 aromatic rings. The van der Waals surface area contributed by atoms with Gasteiger partial charge in [-0.3, -0.25) is 0 Å². The molecule has 118 valence electrons. The molecule has 0 spiro atoms. The molecule has 1 aromatic heterocycles. The number of benzene rings is 2. The predicted octanol–water partition coefficient (Wildman–Crippen LogP) is 2.65. The largest absolute Gasteiger partial charge is 0.415 e. The van der Waals surface area contributed by atoms with Gasteiger partial charge in [0.1, 0.15) is 6.54 Å². The predicted molar refractivity (Wildman–Crippen MR) is 89.8 cm³/mol. The number of rotatable bonds is 6. The topological polar surface area (TPSA) is 43.4 Å². The molecule has 3 rings (SSSR count). The molecule has 1 unspecified atom stereocenters. The van der Waals surface area contributed by atoms with E-state index in [0.29, 0.717) is 11.8 Å². The smallest absolute Gasteiger partial charge is 0.271 e. The van der Waals surface area contributed by atoms with Gasteiger partial charge in [-0.25, -0.2) is 0 Å². The van der Waals surface area contributed by atoms with E-state index in [1.807, 2.05) is 18.2 Å². The highest BCUT2D eigenvalue weighted by Gasteiger charge is 2.15. The quantitative estimate of drug-likeness (QED) is 0.761. The molecule has 4 nitrogen and oxygen atoms in total. The van der Waals surface area contributed by atoms with Crippen molar-refractivity contribution in [2.75, 3.05) is 6.54 Å². The lowest BCUT2D eigenvalue weighted by Crippen LogP contribution is -3.09. The molecule has 0 bridgehead atoms. The first-order valence-electron chi connectivity index (χ1n) is 8.01. The molecule has 23 heavy (non-hydrogen) atoms. The lowest BCUT2D eigenvalue weighted by molar-refractivity contribution is -0.927.